The number of piperidine rings is 2. The van der Waals surface area contributed by atoms with E-state index < -0.39 is 16.7 Å². The zero-order valence-electron chi connectivity index (χ0n) is 18.8. The fourth-order valence-electron chi connectivity index (χ4n) is 5.64. The van der Waals surface area contributed by atoms with Crippen molar-refractivity contribution in [3.8, 4) is 0 Å². The molecule has 9 heteroatoms. The quantitative estimate of drug-likeness (QED) is 0.347. The number of benzene rings is 2. The number of halogens is 3. The van der Waals surface area contributed by atoms with Crippen LogP contribution in [0.4, 0.5) is 18.9 Å². The van der Waals surface area contributed by atoms with Crippen molar-refractivity contribution in [1.29, 1.82) is 0 Å². The van der Waals surface area contributed by atoms with Crippen molar-refractivity contribution in [2.75, 3.05) is 13.1 Å². The van der Waals surface area contributed by atoms with Gasteiger partial charge in [0.25, 0.3) is 5.69 Å². The third-order valence-electron chi connectivity index (χ3n) is 7.31. The molecule has 34 heavy (non-hydrogen) atoms. The Morgan fingerprint density at radius 3 is 2.53 bits per heavy atom. The first-order valence-corrected chi connectivity index (χ1v) is 11.8. The molecule has 0 unspecified atom stereocenters. The summed E-state index contributed by atoms with van der Waals surface area (Å²) in [6.07, 6.45) is 1.79. The molecule has 0 amide bonds. The molecule has 1 aromatic heterocycles. The molecule has 3 heterocycles. The second-order valence-corrected chi connectivity index (χ2v) is 9.44. The van der Waals surface area contributed by atoms with Gasteiger partial charge in [0.1, 0.15) is 5.82 Å². The van der Waals surface area contributed by atoms with Gasteiger partial charge in [-0.3, -0.25) is 10.1 Å². The van der Waals surface area contributed by atoms with Crippen LogP contribution in [-0.2, 0) is 19.1 Å². The lowest BCUT2D eigenvalue weighted by Gasteiger charge is -2.44. The van der Waals surface area contributed by atoms with Crippen LogP contribution < -0.4 is 0 Å². The van der Waals surface area contributed by atoms with Crippen molar-refractivity contribution in [1.82, 2.24) is 14.5 Å². The molecule has 0 aliphatic carbocycles. The van der Waals surface area contributed by atoms with Gasteiger partial charge in [-0.15, -0.1) is 0 Å². The predicted molar refractivity (Wildman–Crippen MR) is 123 cm³/mol. The molecule has 6 nitrogen and oxygen atoms in total. The molecule has 0 radical (unpaired) electrons. The van der Waals surface area contributed by atoms with E-state index in [4.69, 9.17) is 0 Å². The number of hydrogen-bond donors (Lipinski definition) is 0. The number of aromatic nitrogens is 2. The fraction of sp³-hybridized carbons (Fsp3) is 0.480. The van der Waals surface area contributed by atoms with Gasteiger partial charge in [0.2, 0.25) is 0 Å². The van der Waals surface area contributed by atoms with Crippen molar-refractivity contribution >= 4 is 16.7 Å². The number of non-ortho nitro benzene ring substituents is 1. The molecule has 0 N–H and O–H groups in total. The molecular formula is C25H27F3N4O2. The first-order chi connectivity index (χ1) is 16.3. The number of nitrogens with zero attached hydrogens (tertiary/aromatic N) is 4. The fourth-order valence-corrected chi connectivity index (χ4v) is 5.64. The van der Waals surface area contributed by atoms with E-state index in [0.29, 0.717) is 41.8 Å². The summed E-state index contributed by atoms with van der Waals surface area (Å²) in [5.74, 6) is 1.11. The van der Waals surface area contributed by atoms with Gasteiger partial charge >= 0.3 is 6.18 Å². The van der Waals surface area contributed by atoms with Gasteiger partial charge in [0.05, 0.1) is 21.5 Å². The summed E-state index contributed by atoms with van der Waals surface area (Å²) in [5, 5.41) is 11.0. The van der Waals surface area contributed by atoms with Gasteiger partial charge in [0.15, 0.2) is 0 Å². The second kappa shape index (κ2) is 9.02. The standard InChI is InChI=1S/C25H27F3N4O2/c26-25(27,28)19-8-11-23-21(15-19)29-24(14-17-6-9-20(10-7-17)32(33)34)31(23)16-18-4-3-13-30-12-2-1-5-22(18)30/h6-11,15,18,22H,1-5,12-14,16H2/t18-,22+/m0/s1. The molecule has 2 atom stereocenters. The SMILES string of the molecule is O=[N+]([O-])c1ccc(Cc2nc3cc(C(F)(F)F)ccc3n2C[C@@H]2CCCN3CCCC[C@H]23)cc1. The molecule has 180 valence electrons. The van der Waals surface area contributed by atoms with Gasteiger partial charge in [-0.1, -0.05) is 18.6 Å². The summed E-state index contributed by atoms with van der Waals surface area (Å²) < 4.78 is 42.1. The van der Waals surface area contributed by atoms with Gasteiger partial charge in [-0.2, -0.15) is 13.2 Å². The Hall–Kier alpha value is -2.94. The van der Waals surface area contributed by atoms with Gasteiger partial charge in [-0.05, 0) is 68.5 Å². The molecule has 2 aliphatic heterocycles. The molecule has 0 saturated carbocycles. The Morgan fingerprint density at radius 1 is 1.03 bits per heavy atom. The van der Waals surface area contributed by atoms with E-state index in [-0.39, 0.29) is 5.69 Å². The van der Waals surface area contributed by atoms with Crippen molar-refractivity contribution in [3.05, 3.63) is 69.5 Å². The molecular weight excluding hydrogens is 445 g/mol. The van der Waals surface area contributed by atoms with E-state index >= 15 is 0 Å². The Kier molecular flexibility index (Phi) is 6.06. The van der Waals surface area contributed by atoms with E-state index in [1.807, 2.05) is 0 Å². The summed E-state index contributed by atoms with van der Waals surface area (Å²) in [4.78, 5) is 17.7. The predicted octanol–water partition coefficient (Wildman–Crippen LogP) is 5.82. The topological polar surface area (TPSA) is 64.2 Å². The minimum absolute atomic E-state index is 0.00617. The number of alkyl halides is 3. The highest BCUT2D eigenvalue weighted by atomic mass is 19.4. The van der Waals surface area contributed by atoms with Crippen molar-refractivity contribution in [3.63, 3.8) is 0 Å². The highest BCUT2D eigenvalue weighted by Gasteiger charge is 2.34. The third kappa shape index (κ3) is 4.53. The molecule has 2 fully saturated rings. The maximum atomic E-state index is 13.3. The van der Waals surface area contributed by atoms with Crippen LogP contribution in [0.3, 0.4) is 0 Å². The lowest BCUT2D eigenvalue weighted by molar-refractivity contribution is -0.384. The van der Waals surface area contributed by atoms with E-state index in [0.717, 1.165) is 50.0 Å². The van der Waals surface area contributed by atoms with Crippen LogP contribution >= 0.6 is 0 Å². The average molecular weight is 473 g/mol. The number of nitro benzene ring substituents is 1. The van der Waals surface area contributed by atoms with Crippen LogP contribution in [0, 0.1) is 16.0 Å². The first-order valence-electron chi connectivity index (χ1n) is 11.8. The second-order valence-electron chi connectivity index (χ2n) is 9.44. The van der Waals surface area contributed by atoms with Gasteiger partial charge in [-0.25, -0.2) is 4.98 Å². The van der Waals surface area contributed by atoms with Crippen LogP contribution in [0.1, 0.15) is 49.1 Å². The zero-order valence-corrected chi connectivity index (χ0v) is 18.8. The molecule has 3 aromatic rings. The van der Waals surface area contributed by atoms with Crippen LogP contribution in [-0.4, -0.2) is 38.5 Å². The summed E-state index contributed by atoms with van der Waals surface area (Å²) in [6.45, 7) is 2.96. The number of nitro groups is 1. The van der Waals surface area contributed by atoms with Gasteiger partial charge in [0, 0.05) is 31.1 Å². The monoisotopic (exact) mass is 472 g/mol. The molecule has 0 spiro atoms. The smallest absolute Gasteiger partial charge is 0.327 e. The van der Waals surface area contributed by atoms with Crippen LogP contribution in [0.2, 0.25) is 0 Å². The Labute approximate surface area is 195 Å². The van der Waals surface area contributed by atoms with Crippen LogP contribution in [0.5, 0.6) is 0 Å². The normalized spacial score (nSPS) is 21.5. The average Bonchev–Trinajstić information content (AvgIpc) is 3.15. The number of imidazole rings is 1. The number of rotatable bonds is 5. The van der Waals surface area contributed by atoms with E-state index in [9.17, 15) is 23.3 Å². The van der Waals surface area contributed by atoms with E-state index in [1.165, 1.54) is 31.0 Å². The Balaban J connectivity index is 1.51. The largest absolute Gasteiger partial charge is 0.416 e. The number of fused-ring (bicyclic) bond motifs is 2. The van der Waals surface area contributed by atoms with Crippen molar-refractivity contribution in [2.24, 2.45) is 5.92 Å². The highest BCUT2D eigenvalue weighted by molar-refractivity contribution is 5.77. The maximum absolute atomic E-state index is 13.3. The maximum Gasteiger partial charge on any atom is 0.416 e. The van der Waals surface area contributed by atoms with Gasteiger partial charge < -0.3 is 9.47 Å². The summed E-state index contributed by atoms with van der Waals surface area (Å²) >= 11 is 0. The van der Waals surface area contributed by atoms with Crippen LogP contribution in [0.25, 0.3) is 11.0 Å². The van der Waals surface area contributed by atoms with E-state index in [1.54, 1.807) is 12.1 Å². The van der Waals surface area contributed by atoms with Crippen LogP contribution in [0.15, 0.2) is 42.5 Å². The third-order valence-corrected chi connectivity index (χ3v) is 7.31. The molecule has 2 saturated heterocycles. The molecule has 5 rings (SSSR count). The zero-order chi connectivity index (χ0) is 23.9. The Bertz CT molecular complexity index is 1190. The summed E-state index contributed by atoms with van der Waals surface area (Å²) in [7, 11) is 0. The minimum Gasteiger partial charge on any atom is -0.327 e. The van der Waals surface area contributed by atoms with E-state index in [2.05, 4.69) is 14.5 Å². The highest BCUT2D eigenvalue weighted by Crippen LogP contribution is 2.35. The molecule has 2 aliphatic rings. The molecule has 2 aromatic carbocycles. The lowest BCUT2D eigenvalue weighted by Crippen LogP contribution is -2.49. The number of hydrogen-bond acceptors (Lipinski definition) is 4. The van der Waals surface area contributed by atoms with Crippen molar-refractivity contribution in [2.45, 2.75) is 57.3 Å². The van der Waals surface area contributed by atoms with Crippen molar-refractivity contribution < 1.29 is 18.1 Å². The molecule has 0 bridgehead atoms. The lowest BCUT2D eigenvalue weighted by atomic mass is 9.83. The summed E-state index contributed by atoms with van der Waals surface area (Å²) in [6, 6.07) is 10.6. The Morgan fingerprint density at radius 2 is 1.79 bits per heavy atom. The minimum atomic E-state index is -4.43. The first kappa shape index (κ1) is 22.8. The summed E-state index contributed by atoms with van der Waals surface area (Å²) in [5.41, 5.74) is 1.18.